The van der Waals surface area contributed by atoms with E-state index in [9.17, 15) is 15.5 Å². The topological polar surface area (TPSA) is 72.8 Å². The highest BCUT2D eigenvalue weighted by Gasteiger charge is 2.54. The largest absolute Gasteiger partial charge is 0.598 e. The smallest absolute Gasteiger partial charge is 0.126 e. The highest BCUT2D eigenvalue weighted by molar-refractivity contribution is 4.88. The van der Waals surface area contributed by atoms with Crippen LogP contribution in [-0.4, -0.2) is 45.5 Å². The normalized spacial score (nSPS) is 37.8. The first kappa shape index (κ1) is 15.9. The SMILES string of the molecule is C1CCOC1.CC1(C)CC(O)CC(C)(C)[N+]1([O-])O. The lowest BCUT2D eigenvalue weighted by molar-refractivity contribution is -1.14. The third-order valence-corrected chi connectivity index (χ3v) is 3.94. The Balaban J connectivity index is 0.000000269. The van der Waals surface area contributed by atoms with Crippen LogP contribution in [0.5, 0.6) is 0 Å². The lowest BCUT2D eigenvalue weighted by Gasteiger charge is -2.59. The molecule has 0 amide bonds. The summed E-state index contributed by atoms with van der Waals surface area (Å²) in [5, 5.41) is 31.3. The zero-order valence-corrected chi connectivity index (χ0v) is 12.0. The van der Waals surface area contributed by atoms with Gasteiger partial charge < -0.3 is 15.1 Å². The Morgan fingerprint density at radius 2 is 1.44 bits per heavy atom. The van der Waals surface area contributed by atoms with E-state index in [1.165, 1.54) is 12.8 Å². The highest BCUT2D eigenvalue weighted by atomic mass is 16.8. The van der Waals surface area contributed by atoms with Crippen molar-refractivity contribution in [3.63, 3.8) is 0 Å². The number of hydrogen-bond donors (Lipinski definition) is 2. The number of aliphatic hydroxyl groups excluding tert-OH is 1. The van der Waals surface area contributed by atoms with Gasteiger partial charge in [0.1, 0.15) is 11.1 Å². The molecule has 2 rings (SSSR count). The minimum absolute atomic E-state index is 0.344. The van der Waals surface area contributed by atoms with Crippen LogP contribution < -0.4 is 0 Å². The molecule has 0 aromatic carbocycles. The van der Waals surface area contributed by atoms with E-state index in [4.69, 9.17) is 4.74 Å². The molecule has 0 bridgehead atoms. The van der Waals surface area contributed by atoms with Crippen molar-refractivity contribution in [2.24, 2.45) is 0 Å². The van der Waals surface area contributed by atoms with Gasteiger partial charge in [0.25, 0.3) is 0 Å². The molecule has 2 saturated heterocycles. The van der Waals surface area contributed by atoms with Gasteiger partial charge in [-0.05, 0) is 40.5 Å². The number of hydroxylamine groups is 4. The zero-order valence-electron chi connectivity index (χ0n) is 12.0. The second-order valence-corrected chi connectivity index (χ2v) is 6.58. The van der Waals surface area contributed by atoms with E-state index in [2.05, 4.69) is 0 Å². The maximum absolute atomic E-state index is 12.0. The minimum atomic E-state index is -1.27. The van der Waals surface area contributed by atoms with Gasteiger partial charge in [-0.2, -0.15) is 0 Å². The number of ether oxygens (including phenoxy) is 1. The molecular weight excluding hydrogens is 234 g/mol. The van der Waals surface area contributed by atoms with Gasteiger partial charge in [-0.25, -0.2) is 10.0 Å². The van der Waals surface area contributed by atoms with Crippen LogP contribution in [0.4, 0.5) is 0 Å². The lowest BCUT2D eigenvalue weighted by Crippen LogP contribution is -2.70. The summed E-state index contributed by atoms with van der Waals surface area (Å²) in [6.45, 7) is 8.74. The molecular formula is C13H27NO4. The first-order valence-electron chi connectivity index (χ1n) is 6.69. The van der Waals surface area contributed by atoms with Gasteiger partial charge in [-0.1, -0.05) is 0 Å². The summed E-state index contributed by atoms with van der Waals surface area (Å²) < 4.78 is 4.94. The predicted molar refractivity (Wildman–Crippen MR) is 68.9 cm³/mol. The molecule has 2 aliphatic heterocycles. The molecule has 0 spiro atoms. The quantitative estimate of drug-likeness (QED) is 0.518. The average Bonchev–Trinajstić information content (AvgIpc) is 2.70. The van der Waals surface area contributed by atoms with Crippen LogP contribution in [0.25, 0.3) is 0 Å². The number of hydrogen-bond acceptors (Lipinski definition) is 4. The molecule has 2 heterocycles. The maximum Gasteiger partial charge on any atom is 0.126 e. The Labute approximate surface area is 109 Å². The van der Waals surface area contributed by atoms with E-state index in [1.54, 1.807) is 27.7 Å². The summed E-state index contributed by atoms with van der Waals surface area (Å²) in [4.78, 5) is -1.27. The fourth-order valence-electron chi connectivity index (χ4n) is 2.80. The van der Waals surface area contributed by atoms with Gasteiger partial charge in [0.05, 0.1) is 6.10 Å². The minimum Gasteiger partial charge on any atom is -0.598 e. The molecule has 0 aromatic heterocycles. The Hall–Kier alpha value is -0.200. The first-order valence-corrected chi connectivity index (χ1v) is 6.69. The van der Waals surface area contributed by atoms with Gasteiger partial charge in [-0.3, -0.25) is 0 Å². The number of piperidine rings is 1. The van der Waals surface area contributed by atoms with Crippen molar-refractivity contribution in [2.45, 2.75) is 70.6 Å². The van der Waals surface area contributed by atoms with Crippen LogP contribution >= 0.6 is 0 Å². The Morgan fingerprint density at radius 3 is 1.72 bits per heavy atom. The van der Waals surface area contributed by atoms with Crippen molar-refractivity contribution in [1.82, 2.24) is 0 Å². The zero-order chi connectivity index (χ0) is 14.0. The van der Waals surface area contributed by atoms with E-state index < -0.39 is 22.0 Å². The molecule has 5 heteroatoms. The predicted octanol–water partition coefficient (Wildman–Crippen LogP) is 2.20. The molecule has 18 heavy (non-hydrogen) atoms. The average molecular weight is 261 g/mol. The second kappa shape index (κ2) is 5.43. The van der Waals surface area contributed by atoms with Crippen molar-refractivity contribution < 1.29 is 19.9 Å². The van der Waals surface area contributed by atoms with Crippen molar-refractivity contribution in [1.29, 1.82) is 0 Å². The summed E-state index contributed by atoms with van der Waals surface area (Å²) in [5.74, 6) is 0. The summed E-state index contributed by atoms with van der Waals surface area (Å²) in [7, 11) is 0. The summed E-state index contributed by atoms with van der Waals surface area (Å²) in [6.07, 6.45) is 2.75. The van der Waals surface area contributed by atoms with Crippen molar-refractivity contribution in [3.8, 4) is 0 Å². The van der Waals surface area contributed by atoms with Gasteiger partial charge in [0.2, 0.25) is 0 Å². The fraction of sp³-hybridized carbons (Fsp3) is 1.00. The number of nitrogens with zero attached hydrogens (tertiary/aromatic N) is 1. The Kier molecular flexibility index (Phi) is 4.78. The molecule has 2 aliphatic rings. The van der Waals surface area contributed by atoms with E-state index in [0.29, 0.717) is 12.8 Å². The first-order chi connectivity index (χ1) is 8.10. The monoisotopic (exact) mass is 261 g/mol. The van der Waals surface area contributed by atoms with Gasteiger partial charge in [0, 0.05) is 26.1 Å². The molecule has 0 aliphatic carbocycles. The maximum atomic E-state index is 12.0. The van der Waals surface area contributed by atoms with Crippen LogP contribution in [0.3, 0.4) is 0 Å². The van der Waals surface area contributed by atoms with Crippen molar-refractivity contribution in [3.05, 3.63) is 5.21 Å². The molecule has 0 aromatic rings. The van der Waals surface area contributed by atoms with Crippen molar-refractivity contribution >= 4 is 0 Å². The fourth-order valence-corrected chi connectivity index (χ4v) is 2.80. The van der Waals surface area contributed by atoms with Crippen LogP contribution in [-0.2, 0) is 4.74 Å². The lowest BCUT2D eigenvalue weighted by atomic mass is 9.79. The summed E-state index contributed by atoms with van der Waals surface area (Å²) in [6, 6.07) is 0. The number of aliphatic hydroxyl groups is 1. The summed E-state index contributed by atoms with van der Waals surface area (Å²) in [5.41, 5.74) is -1.66. The standard InChI is InChI=1S/C9H19NO3.C4H8O/c1-8(2)5-7(11)6-9(3,4)10(8,12)13;1-2-4-5-3-1/h7,11-12H,5-6H2,1-4H3;1-4H2. The molecule has 0 unspecified atom stereocenters. The summed E-state index contributed by atoms with van der Waals surface area (Å²) >= 11 is 0. The Bertz CT molecular complexity index is 245. The van der Waals surface area contributed by atoms with E-state index in [-0.39, 0.29) is 0 Å². The molecule has 0 atom stereocenters. The van der Waals surface area contributed by atoms with Gasteiger partial charge >= 0.3 is 0 Å². The van der Waals surface area contributed by atoms with E-state index in [1.807, 2.05) is 0 Å². The van der Waals surface area contributed by atoms with Crippen LogP contribution in [0.1, 0.15) is 53.4 Å². The van der Waals surface area contributed by atoms with Gasteiger partial charge in [0.15, 0.2) is 0 Å². The molecule has 0 radical (unpaired) electrons. The number of rotatable bonds is 0. The van der Waals surface area contributed by atoms with E-state index >= 15 is 0 Å². The molecule has 2 fully saturated rings. The van der Waals surface area contributed by atoms with Crippen LogP contribution in [0.2, 0.25) is 0 Å². The highest BCUT2D eigenvalue weighted by Crippen LogP contribution is 2.42. The second-order valence-electron chi connectivity index (χ2n) is 6.58. The molecule has 0 saturated carbocycles. The van der Waals surface area contributed by atoms with E-state index in [0.717, 1.165) is 13.2 Å². The third kappa shape index (κ3) is 3.22. The molecule has 2 N–H and O–H groups in total. The third-order valence-electron chi connectivity index (χ3n) is 3.94. The number of quaternary nitrogens is 1. The molecule has 5 nitrogen and oxygen atoms in total. The Morgan fingerprint density at radius 1 is 1.06 bits per heavy atom. The van der Waals surface area contributed by atoms with Crippen molar-refractivity contribution in [2.75, 3.05) is 13.2 Å². The van der Waals surface area contributed by atoms with Crippen LogP contribution in [0, 0.1) is 5.21 Å². The molecule has 108 valence electrons. The van der Waals surface area contributed by atoms with Gasteiger partial charge in [-0.15, -0.1) is 0 Å². The van der Waals surface area contributed by atoms with Crippen LogP contribution in [0.15, 0.2) is 0 Å².